The lowest BCUT2D eigenvalue weighted by atomic mass is 10.2. The molecule has 1 saturated carbocycles. The van der Waals surface area contributed by atoms with Gasteiger partial charge in [-0.2, -0.15) is 4.37 Å². The zero-order valence-electron chi connectivity index (χ0n) is 9.41. The summed E-state index contributed by atoms with van der Waals surface area (Å²) in [5.74, 6) is 1.41. The topological polar surface area (TPSA) is 54.2 Å². The molecule has 2 aliphatic rings. The highest BCUT2D eigenvalue weighted by Crippen LogP contribution is 2.47. The van der Waals surface area contributed by atoms with Crippen molar-refractivity contribution in [3.8, 4) is 0 Å². The fourth-order valence-corrected chi connectivity index (χ4v) is 3.13. The maximum absolute atomic E-state index is 5.93. The van der Waals surface area contributed by atoms with Crippen LogP contribution in [-0.4, -0.2) is 22.5 Å². The van der Waals surface area contributed by atoms with Crippen LogP contribution < -0.4 is 11.2 Å². The summed E-state index contributed by atoms with van der Waals surface area (Å²) >= 11 is 1.51. The summed E-state index contributed by atoms with van der Waals surface area (Å²) in [5, 5.41) is 3.49. The van der Waals surface area contributed by atoms with Gasteiger partial charge in [-0.3, -0.25) is 0 Å². The minimum atomic E-state index is 0.672. The lowest BCUT2D eigenvalue weighted by Crippen LogP contribution is -2.34. The maximum Gasteiger partial charge on any atom is 0.142 e. The number of rotatable bonds is 3. The largest absolute Gasteiger partial charge is 0.383 e. The van der Waals surface area contributed by atoms with Crippen molar-refractivity contribution >= 4 is 22.4 Å². The molecule has 4 nitrogen and oxygen atoms in total. The molecule has 1 saturated heterocycles. The fraction of sp³-hybridized carbons (Fsp3) is 0.727. The molecule has 1 aromatic heterocycles. The monoisotopic (exact) mass is 238 g/mol. The van der Waals surface area contributed by atoms with Crippen LogP contribution in [0.25, 0.3) is 0 Å². The molecule has 0 unspecified atom stereocenters. The molecule has 0 aromatic carbocycles. The van der Waals surface area contributed by atoms with Gasteiger partial charge in [-0.25, -0.2) is 5.01 Å². The fourth-order valence-electron chi connectivity index (χ4n) is 2.31. The minimum Gasteiger partial charge on any atom is -0.383 e. The molecule has 3 N–H and O–H groups in total. The SMILES string of the molecule is Nc1nsc(NN2CCCCC2)c1C1CC1. The number of hydrogen-bond donors (Lipinski definition) is 2. The van der Waals surface area contributed by atoms with Gasteiger partial charge in [0.2, 0.25) is 0 Å². The smallest absolute Gasteiger partial charge is 0.142 e. The molecular weight excluding hydrogens is 220 g/mol. The molecule has 0 amide bonds. The van der Waals surface area contributed by atoms with E-state index in [4.69, 9.17) is 5.73 Å². The van der Waals surface area contributed by atoms with E-state index in [1.165, 1.54) is 54.2 Å². The third kappa shape index (κ3) is 2.01. The number of hydrazine groups is 1. The third-order valence-corrected chi connectivity index (χ3v) is 4.14. The van der Waals surface area contributed by atoms with Crippen molar-refractivity contribution in [1.29, 1.82) is 0 Å². The van der Waals surface area contributed by atoms with Gasteiger partial charge in [-0.15, -0.1) is 0 Å². The summed E-state index contributed by atoms with van der Waals surface area (Å²) in [7, 11) is 0. The molecule has 0 atom stereocenters. The van der Waals surface area contributed by atoms with Gasteiger partial charge in [-0.1, -0.05) is 6.42 Å². The number of nitrogens with one attached hydrogen (secondary N) is 1. The number of nitrogen functional groups attached to an aromatic ring is 1. The van der Waals surface area contributed by atoms with Crippen LogP contribution in [0.15, 0.2) is 0 Å². The van der Waals surface area contributed by atoms with Crippen molar-refractivity contribution in [3.63, 3.8) is 0 Å². The van der Waals surface area contributed by atoms with Crippen LogP contribution in [0.1, 0.15) is 43.6 Å². The van der Waals surface area contributed by atoms with Gasteiger partial charge < -0.3 is 11.2 Å². The number of anilines is 2. The second kappa shape index (κ2) is 4.22. The molecule has 0 spiro atoms. The van der Waals surface area contributed by atoms with E-state index in [0.29, 0.717) is 5.92 Å². The molecule has 1 aliphatic carbocycles. The van der Waals surface area contributed by atoms with Crippen LogP contribution in [0.5, 0.6) is 0 Å². The van der Waals surface area contributed by atoms with Crippen molar-refractivity contribution in [2.45, 2.75) is 38.0 Å². The first-order chi connectivity index (χ1) is 7.84. The van der Waals surface area contributed by atoms with Gasteiger partial charge in [0, 0.05) is 18.7 Å². The van der Waals surface area contributed by atoms with E-state index in [2.05, 4.69) is 14.8 Å². The van der Waals surface area contributed by atoms with E-state index < -0.39 is 0 Å². The molecule has 1 aliphatic heterocycles. The summed E-state index contributed by atoms with van der Waals surface area (Å²) in [6, 6.07) is 0. The van der Waals surface area contributed by atoms with E-state index in [1.54, 1.807) is 0 Å². The van der Waals surface area contributed by atoms with Gasteiger partial charge in [0.15, 0.2) is 0 Å². The van der Waals surface area contributed by atoms with E-state index in [0.717, 1.165) is 18.9 Å². The Morgan fingerprint density at radius 2 is 2.00 bits per heavy atom. The predicted molar refractivity (Wildman–Crippen MR) is 67.5 cm³/mol. The molecule has 0 bridgehead atoms. The van der Waals surface area contributed by atoms with Gasteiger partial charge >= 0.3 is 0 Å². The second-order valence-corrected chi connectivity index (χ2v) is 5.52. The molecule has 16 heavy (non-hydrogen) atoms. The summed E-state index contributed by atoms with van der Waals surface area (Å²) in [6.45, 7) is 2.28. The van der Waals surface area contributed by atoms with Crippen molar-refractivity contribution in [2.75, 3.05) is 24.2 Å². The molecule has 88 valence electrons. The Bertz CT molecular complexity index is 366. The first-order valence-corrected chi connectivity index (χ1v) is 6.88. The Balaban J connectivity index is 1.73. The van der Waals surface area contributed by atoms with Crippen LogP contribution in [-0.2, 0) is 0 Å². The molecule has 3 rings (SSSR count). The van der Waals surface area contributed by atoms with Crippen LogP contribution in [0, 0.1) is 0 Å². The molecule has 2 heterocycles. The normalized spacial score (nSPS) is 22.2. The van der Waals surface area contributed by atoms with E-state index in [-0.39, 0.29) is 0 Å². The van der Waals surface area contributed by atoms with Crippen LogP contribution in [0.2, 0.25) is 0 Å². The Morgan fingerprint density at radius 3 is 2.69 bits per heavy atom. The first-order valence-electron chi connectivity index (χ1n) is 6.11. The third-order valence-electron chi connectivity index (χ3n) is 3.36. The Labute approximate surface area is 100.0 Å². The number of hydrogen-bond acceptors (Lipinski definition) is 5. The van der Waals surface area contributed by atoms with Crippen LogP contribution in [0.3, 0.4) is 0 Å². The van der Waals surface area contributed by atoms with Crippen LogP contribution >= 0.6 is 11.5 Å². The number of nitrogens with zero attached hydrogens (tertiary/aromatic N) is 2. The summed E-state index contributed by atoms with van der Waals surface area (Å²) in [6.07, 6.45) is 6.49. The minimum absolute atomic E-state index is 0.672. The van der Waals surface area contributed by atoms with Crippen molar-refractivity contribution in [1.82, 2.24) is 9.38 Å². The predicted octanol–water partition coefficient (Wildman–Crippen LogP) is 2.42. The zero-order chi connectivity index (χ0) is 11.0. The van der Waals surface area contributed by atoms with Gasteiger partial charge in [0.1, 0.15) is 10.8 Å². The van der Waals surface area contributed by atoms with Gasteiger partial charge in [0.25, 0.3) is 0 Å². The number of piperidine rings is 1. The van der Waals surface area contributed by atoms with Crippen LogP contribution in [0.4, 0.5) is 10.8 Å². The first kappa shape index (κ1) is 10.4. The Morgan fingerprint density at radius 1 is 1.25 bits per heavy atom. The lowest BCUT2D eigenvalue weighted by Gasteiger charge is -2.27. The van der Waals surface area contributed by atoms with Gasteiger partial charge in [0.05, 0.1) is 0 Å². The standard InChI is InChI=1S/C11H18N4S/c12-10-9(8-4-5-8)11(16-14-10)13-15-6-2-1-3-7-15/h8,13H,1-7H2,(H2,12,14). The zero-order valence-corrected chi connectivity index (χ0v) is 10.2. The molecule has 1 aromatic rings. The quantitative estimate of drug-likeness (QED) is 0.849. The summed E-state index contributed by atoms with van der Waals surface area (Å²) in [5.41, 5.74) is 10.7. The highest BCUT2D eigenvalue weighted by atomic mass is 32.1. The lowest BCUT2D eigenvalue weighted by molar-refractivity contribution is 0.274. The van der Waals surface area contributed by atoms with Crippen molar-refractivity contribution in [3.05, 3.63) is 5.56 Å². The van der Waals surface area contributed by atoms with Crippen molar-refractivity contribution < 1.29 is 0 Å². The summed E-state index contributed by atoms with van der Waals surface area (Å²) < 4.78 is 4.27. The summed E-state index contributed by atoms with van der Waals surface area (Å²) in [4.78, 5) is 0. The van der Waals surface area contributed by atoms with Gasteiger partial charge in [-0.05, 0) is 43.1 Å². The highest BCUT2D eigenvalue weighted by molar-refractivity contribution is 7.10. The van der Waals surface area contributed by atoms with Crippen molar-refractivity contribution in [2.24, 2.45) is 0 Å². The molecule has 5 heteroatoms. The number of nitrogens with two attached hydrogens (primary N) is 1. The van der Waals surface area contributed by atoms with E-state index in [1.807, 2.05) is 0 Å². The Kier molecular flexibility index (Phi) is 2.73. The maximum atomic E-state index is 5.93. The molecular formula is C11H18N4S. The van der Waals surface area contributed by atoms with E-state index >= 15 is 0 Å². The average Bonchev–Trinajstić information content (AvgIpc) is 3.07. The van der Waals surface area contributed by atoms with E-state index in [9.17, 15) is 0 Å². The average molecular weight is 238 g/mol. The number of aromatic nitrogens is 1. The highest BCUT2D eigenvalue weighted by Gasteiger charge is 2.31. The molecule has 2 fully saturated rings. The molecule has 0 radical (unpaired) electrons. The second-order valence-electron chi connectivity index (χ2n) is 4.74. The Hall–Kier alpha value is -0.810.